The maximum atomic E-state index is 13.8. The summed E-state index contributed by atoms with van der Waals surface area (Å²) in [6.45, 7) is 4.39. The molecule has 1 unspecified atom stereocenters. The van der Waals surface area contributed by atoms with E-state index >= 15 is 0 Å². The van der Waals surface area contributed by atoms with Crippen LogP contribution in [-0.4, -0.2) is 65.2 Å². The van der Waals surface area contributed by atoms with Gasteiger partial charge in [-0.25, -0.2) is 4.98 Å². The van der Waals surface area contributed by atoms with Gasteiger partial charge in [-0.15, -0.1) is 0 Å². The summed E-state index contributed by atoms with van der Waals surface area (Å²) in [6, 6.07) is 7.97. The number of carbonyl (C=O) groups excluding carboxylic acids is 2. The van der Waals surface area contributed by atoms with Gasteiger partial charge in [0.25, 0.3) is 0 Å². The Balaban J connectivity index is 1.42. The predicted octanol–water partition coefficient (Wildman–Crippen LogP) is 4.50. The van der Waals surface area contributed by atoms with E-state index in [0.29, 0.717) is 22.9 Å². The van der Waals surface area contributed by atoms with Crippen LogP contribution in [0.1, 0.15) is 35.5 Å². The Hall–Kier alpha value is -3.64. The van der Waals surface area contributed by atoms with Crippen LogP contribution in [0.25, 0.3) is 0 Å². The summed E-state index contributed by atoms with van der Waals surface area (Å²) < 4.78 is 42.5. The number of carbonyl (C=O) groups is 2. The number of hydrogen-bond donors (Lipinski definition) is 0. The van der Waals surface area contributed by atoms with Gasteiger partial charge in [-0.3, -0.25) is 24.1 Å². The van der Waals surface area contributed by atoms with Gasteiger partial charge >= 0.3 is 6.18 Å². The molecule has 2 aliphatic rings. The molecule has 2 aliphatic heterocycles. The molecule has 218 valence electrons. The number of hydrogen-bond acceptors (Lipinski definition) is 6. The zero-order valence-electron chi connectivity index (χ0n) is 23.2. The second-order valence-corrected chi connectivity index (χ2v) is 11.0. The largest absolute Gasteiger partial charge is 0.416 e. The summed E-state index contributed by atoms with van der Waals surface area (Å²) in [5, 5.41) is 5.15. The maximum Gasteiger partial charge on any atom is 0.416 e. The maximum absolute atomic E-state index is 13.8. The SMILES string of the molecule is Cc1cc(C(F)(F)F)cc(N2C(=O)CCC2C(=O)N(C)c2cccc(Cl)c2N(C)Cc2cc3n(n2)CCN(C)C3)n1. The number of aromatic nitrogens is 3. The highest BCUT2D eigenvalue weighted by Gasteiger charge is 2.41. The molecule has 1 aromatic carbocycles. The van der Waals surface area contributed by atoms with Crippen molar-refractivity contribution in [3.8, 4) is 0 Å². The highest BCUT2D eigenvalue weighted by atomic mass is 35.5. The minimum absolute atomic E-state index is 0.0176. The van der Waals surface area contributed by atoms with Gasteiger partial charge in [-0.2, -0.15) is 18.3 Å². The number of amides is 2. The van der Waals surface area contributed by atoms with E-state index in [9.17, 15) is 22.8 Å². The van der Waals surface area contributed by atoms with E-state index in [4.69, 9.17) is 16.7 Å². The Morgan fingerprint density at radius 2 is 1.93 bits per heavy atom. The molecule has 41 heavy (non-hydrogen) atoms. The number of nitrogens with zero attached hydrogens (tertiary/aromatic N) is 7. The van der Waals surface area contributed by atoms with Crippen LogP contribution in [-0.2, 0) is 35.4 Å². The quantitative estimate of drug-likeness (QED) is 0.421. The zero-order valence-corrected chi connectivity index (χ0v) is 24.0. The number of anilines is 3. The van der Waals surface area contributed by atoms with Crippen molar-refractivity contribution in [3.05, 3.63) is 64.1 Å². The molecular formula is C28H31ClF3N7O2. The van der Waals surface area contributed by atoms with Gasteiger partial charge in [-0.1, -0.05) is 17.7 Å². The molecule has 3 aromatic rings. The van der Waals surface area contributed by atoms with Crippen LogP contribution < -0.4 is 14.7 Å². The van der Waals surface area contributed by atoms with Crippen molar-refractivity contribution in [3.63, 3.8) is 0 Å². The lowest BCUT2D eigenvalue weighted by Gasteiger charge is -2.31. The van der Waals surface area contributed by atoms with E-state index in [1.54, 1.807) is 25.2 Å². The minimum Gasteiger partial charge on any atom is -0.366 e. The number of halogens is 4. The average Bonchev–Trinajstić information content (AvgIpc) is 3.48. The van der Waals surface area contributed by atoms with E-state index in [1.165, 1.54) is 11.8 Å². The Morgan fingerprint density at radius 1 is 1.17 bits per heavy atom. The minimum atomic E-state index is -4.62. The molecule has 0 bridgehead atoms. The monoisotopic (exact) mass is 589 g/mol. The first-order chi connectivity index (χ1) is 19.3. The van der Waals surface area contributed by atoms with Crippen LogP contribution in [0.15, 0.2) is 36.4 Å². The molecule has 13 heteroatoms. The van der Waals surface area contributed by atoms with E-state index in [0.717, 1.165) is 48.1 Å². The molecule has 1 fully saturated rings. The topological polar surface area (TPSA) is 77.8 Å². The van der Waals surface area contributed by atoms with Gasteiger partial charge in [0.1, 0.15) is 11.9 Å². The first kappa shape index (κ1) is 28.9. The number of fused-ring (bicyclic) bond motifs is 1. The first-order valence-electron chi connectivity index (χ1n) is 13.2. The molecule has 9 nitrogen and oxygen atoms in total. The lowest BCUT2D eigenvalue weighted by atomic mass is 10.1. The molecule has 2 aromatic heterocycles. The highest BCUT2D eigenvalue weighted by Crippen LogP contribution is 2.38. The van der Waals surface area contributed by atoms with Crippen molar-refractivity contribution in [2.24, 2.45) is 0 Å². The summed E-state index contributed by atoms with van der Waals surface area (Å²) in [6.07, 6.45) is -4.45. The van der Waals surface area contributed by atoms with E-state index in [1.807, 2.05) is 16.6 Å². The van der Waals surface area contributed by atoms with Crippen LogP contribution in [0.5, 0.6) is 0 Å². The molecule has 0 spiro atoms. The molecule has 0 radical (unpaired) electrons. The Morgan fingerprint density at radius 3 is 2.66 bits per heavy atom. The van der Waals surface area contributed by atoms with Crippen LogP contribution in [0.4, 0.5) is 30.4 Å². The fourth-order valence-electron chi connectivity index (χ4n) is 5.49. The van der Waals surface area contributed by atoms with Crippen molar-refractivity contribution in [1.82, 2.24) is 19.7 Å². The molecule has 2 amide bonds. The molecule has 0 N–H and O–H groups in total. The average molecular weight is 590 g/mol. The van der Waals surface area contributed by atoms with Gasteiger partial charge < -0.3 is 9.80 Å². The fourth-order valence-corrected chi connectivity index (χ4v) is 5.81. The molecule has 0 saturated carbocycles. The fraction of sp³-hybridized carbons (Fsp3) is 0.429. The Labute approximate surface area is 241 Å². The third-order valence-electron chi connectivity index (χ3n) is 7.49. The lowest BCUT2D eigenvalue weighted by Crippen LogP contribution is -2.46. The summed E-state index contributed by atoms with van der Waals surface area (Å²) in [4.78, 5) is 37.5. The van der Waals surface area contributed by atoms with Crippen molar-refractivity contribution in [2.75, 3.05) is 42.4 Å². The normalized spacial score (nSPS) is 17.6. The number of likely N-dealkylation sites (N-methyl/N-ethyl adjacent to an activating group) is 2. The summed E-state index contributed by atoms with van der Waals surface area (Å²) >= 11 is 6.65. The Bertz CT molecular complexity index is 1490. The summed E-state index contributed by atoms with van der Waals surface area (Å²) in [5.41, 5.74) is 2.25. The van der Waals surface area contributed by atoms with E-state index < -0.39 is 29.6 Å². The molecule has 5 rings (SSSR count). The van der Waals surface area contributed by atoms with Gasteiger partial charge in [0.15, 0.2) is 0 Å². The Kier molecular flexibility index (Phi) is 7.73. The molecule has 1 saturated heterocycles. The molecule has 1 atom stereocenters. The smallest absolute Gasteiger partial charge is 0.366 e. The van der Waals surface area contributed by atoms with Gasteiger partial charge in [-0.05, 0) is 50.7 Å². The number of aryl methyl sites for hydroxylation is 1. The van der Waals surface area contributed by atoms with E-state index in [-0.39, 0.29) is 24.4 Å². The van der Waals surface area contributed by atoms with Gasteiger partial charge in [0.05, 0.1) is 46.4 Å². The van der Waals surface area contributed by atoms with Crippen LogP contribution >= 0.6 is 11.6 Å². The van der Waals surface area contributed by atoms with Crippen molar-refractivity contribution >= 4 is 40.6 Å². The van der Waals surface area contributed by atoms with Crippen molar-refractivity contribution in [1.29, 1.82) is 0 Å². The second-order valence-electron chi connectivity index (χ2n) is 10.6. The standard InChI is InChI=1S/C28H31ClF3N7O2/c1-17-12-18(28(30,31)32)13-24(33-17)39-23(8-9-25(39)40)27(41)37(4)22-7-5-6-21(29)26(22)36(3)15-19-14-20-16-35(2)10-11-38(20)34-19/h5-7,12-14,23H,8-11,15-16H2,1-4H3. The molecule has 4 heterocycles. The number of para-hydroxylation sites is 1. The van der Waals surface area contributed by atoms with Crippen LogP contribution in [0, 0.1) is 6.92 Å². The van der Waals surface area contributed by atoms with Gasteiger partial charge in [0, 0.05) is 39.3 Å². The predicted molar refractivity (Wildman–Crippen MR) is 150 cm³/mol. The van der Waals surface area contributed by atoms with Crippen molar-refractivity contribution < 1.29 is 22.8 Å². The number of rotatable bonds is 6. The number of benzene rings is 1. The number of alkyl halides is 3. The molecule has 0 aliphatic carbocycles. The summed E-state index contributed by atoms with van der Waals surface area (Å²) in [5.74, 6) is -1.10. The highest BCUT2D eigenvalue weighted by molar-refractivity contribution is 6.34. The third kappa shape index (κ3) is 5.76. The van der Waals surface area contributed by atoms with Crippen LogP contribution in [0.3, 0.4) is 0 Å². The lowest BCUT2D eigenvalue weighted by molar-refractivity contribution is -0.137. The van der Waals surface area contributed by atoms with Crippen LogP contribution in [0.2, 0.25) is 5.02 Å². The van der Waals surface area contributed by atoms with Crippen molar-refractivity contribution in [2.45, 2.75) is 51.6 Å². The third-order valence-corrected chi connectivity index (χ3v) is 7.79. The summed E-state index contributed by atoms with van der Waals surface area (Å²) in [7, 11) is 5.49. The van der Waals surface area contributed by atoms with Gasteiger partial charge in [0.2, 0.25) is 11.8 Å². The number of pyridine rings is 1. The zero-order chi connectivity index (χ0) is 29.6. The molecular weight excluding hydrogens is 559 g/mol. The second kappa shape index (κ2) is 11.0. The first-order valence-corrected chi connectivity index (χ1v) is 13.6. The van der Waals surface area contributed by atoms with E-state index in [2.05, 4.69) is 23.0 Å².